The van der Waals surface area contributed by atoms with Gasteiger partial charge < -0.3 is 42.2 Å². The lowest BCUT2D eigenvalue weighted by molar-refractivity contribution is -0.143. The van der Waals surface area contributed by atoms with Gasteiger partial charge in [-0.15, -0.1) is 0 Å². The molecule has 2 aromatic rings. The number of rotatable bonds is 19. The topological polar surface area (TPSA) is 212 Å². The molecule has 0 aliphatic carbocycles. The molecule has 0 fully saturated rings. The third-order valence-corrected chi connectivity index (χ3v) is 7.31. The van der Waals surface area contributed by atoms with Gasteiger partial charge in [0.2, 0.25) is 17.7 Å². The van der Waals surface area contributed by atoms with Crippen LogP contribution in [0.5, 0.6) is 0 Å². The minimum atomic E-state index is -1.12. The zero-order chi connectivity index (χ0) is 32.8. The lowest BCUT2D eigenvalue weighted by atomic mass is 9.99. The summed E-state index contributed by atoms with van der Waals surface area (Å²) in [6, 6.07) is 4.93. The first-order chi connectivity index (χ1) is 20.8. The zero-order valence-corrected chi connectivity index (χ0v) is 26.2. The number of carboxylic acid groups (broad SMARTS) is 1. The maximum atomic E-state index is 13.4. The van der Waals surface area contributed by atoms with Gasteiger partial charge >= 0.3 is 5.97 Å². The van der Waals surface area contributed by atoms with E-state index in [4.69, 9.17) is 5.73 Å². The molecule has 6 atom stereocenters. The summed E-state index contributed by atoms with van der Waals surface area (Å²) in [5.41, 5.74) is 7.67. The minimum absolute atomic E-state index is 0.0392. The van der Waals surface area contributed by atoms with Gasteiger partial charge in [0.25, 0.3) is 0 Å². The molecule has 13 heteroatoms. The Labute approximate surface area is 259 Å². The Morgan fingerprint density at radius 3 is 2.14 bits per heavy atom. The summed E-state index contributed by atoms with van der Waals surface area (Å²) in [5.74, 6) is -2.80. The van der Waals surface area contributed by atoms with E-state index in [9.17, 15) is 29.4 Å². The highest BCUT2D eigenvalue weighted by Crippen LogP contribution is 2.10. The largest absolute Gasteiger partial charge is 0.480 e. The second kappa shape index (κ2) is 18.1. The number of hydrogen-bond donors (Lipinski definition) is 8. The summed E-state index contributed by atoms with van der Waals surface area (Å²) in [7, 11) is 0. The number of aliphatic hydroxyl groups is 1. The normalized spacial score (nSPS) is 15.6. The van der Waals surface area contributed by atoms with Crippen molar-refractivity contribution in [1.29, 1.82) is 0 Å². The molecule has 1 heterocycles. The second-order valence-electron chi connectivity index (χ2n) is 11.9. The maximum Gasteiger partial charge on any atom is 0.326 e. The molecule has 0 radical (unpaired) electrons. The average Bonchev–Trinajstić information content (AvgIpc) is 3.49. The number of nitrogens with two attached hydrogens (primary N) is 1. The van der Waals surface area contributed by atoms with Gasteiger partial charge in [0, 0.05) is 24.9 Å². The Bertz CT molecular complexity index is 1180. The first-order valence-corrected chi connectivity index (χ1v) is 15.1. The van der Waals surface area contributed by atoms with Gasteiger partial charge in [-0.3, -0.25) is 14.4 Å². The lowest BCUT2D eigenvalue weighted by Gasteiger charge is -2.29. The number of aromatic nitrogens is 2. The number of nitrogens with one attached hydrogen (secondary N) is 5. The number of benzene rings is 1. The van der Waals surface area contributed by atoms with Crippen molar-refractivity contribution in [1.82, 2.24) is 31.2 Å². The lowest BCUT2D eigenvalue weighted by Crippen LogP contribution is -2.58. The van der Waals surface area contributed by atoms with E-state index in [1.54, 1.807) is 27.0 Å². The number of aliphatic carboxylic acids is 1. The number of H-pyrrole nitrogens is 1. The third kappa shape index (κ3) is 12.1. The molecule has 0 spiro atoms. The van der Waals surface area contributed by atoms with Crippen LogP contribution in [0, 0.1) is 11.8 Å². The number of imidazole rings is 1. The van der Waals surface area contributed by atoms with Crippen LogP contribution in [0.2, 0.25) is 0 Å². The van der Waals surface area contributed by atoms with E-state index < -0.39 is 60.0 Å². The van der Waals surface area contributed by atoms with Crippen LogP contribution < -0.4 is 27.0 Å². The monoisotopic (exact) mass is 615 g/mol. The first kappa shape index (κ1) is 36.4. The van der Waals surface area contributed by atoms with Crippen molar-refractivity contribution in [3.05, 3.63) is 54.1 Å². The van der Waals surface area contributed by atoms with Crippen molar-refractivity contribution in [2.75, 3.05) is 6.54 Å². The third-order valence-electron chi connectivity index (χ3n) is 7.31. The molecule has 44 heavy (non-hydrogen) atoms. The number of carboxylic acids is 1. The summed E-state index contributed by atoms with van der Waals surface area (Å²) in [6.45, 7) is 9.05. The molecular weight excluding hydrogens is 566 g/mol. The maximum absolute atomic E-state index is 13.4. The van der Waals surface area contributed by atoms with Crippen LogP contribution >= 0.6 is 0 Å². The van der Waals surface area contributed by atoms with Crippen molar-refractivity contribution in [2.24, 2.45) is 17.6 Å². The fourth-order valence-electron chi connectivity index (χ4n) is 4.75. The molecule has 244 valence electrons. The van der Waals surface area contributed by atoms with Gasteiger partial charge in [-0.1, -0.05) is 65.0 Å². The smallest absolute Gasteiger partial charge is 0.326 e. The van der Waals surface area contributed by atoms with Crippen LogP contribution in [0.4, 0.5) is 0 Å². The van der Waals surface area contributed by atoms with E-state index in [2.05, 4.69) is 31.2 Å². The summed E-state index contributed by atoms with van der Waals surface area (Å²) < 4.78 is 0. The molecular formula is C31H49N7O6. The van der Waals surface area contributed by atoms with E-state index in [-0.39, 0.29) is 24.8 Å². The summed E-state index contributed by atoms with van der Waals surface area (Å²) >= 11 is 0. The molecule has 2 unspecified atom stereocenters. The summed E-state index contributed by atoms with van der Waals surface area (Å²) in [4.78, 5) is 58.0. The highest BCUT2D eigenvalue weighted by molar-refractivity contribution is 5.90. The fourth-order valence-corrected chi connectivity index (χ4v) is 4.75. The van der Waals surface area contributed by atoms with Gasteiger partial charge in [0.15, 0.2) is 0 Å². The number of aromatic amines is 1. The van der Waals surface area contributed by atoms with Crippen molar-refractivity contribution >= 4 is 23.7 Å². The molecule has 13 nitrogen and oxygen atoms in total. The predicted octanol–water partition coefficient (Wildman–Crippen LogP) is 0.492. The van der Waals surface area contributed by atoms with Gasteiger partial charge in [-0.25, -0.2) is 9.78 Å². The second-order valence-corrected chi connectivity index (χ2v) is 11.9. The van der Waals surface area contributed by atoms with Crippen LogP contribution in [0.25, 0.3) is 0 Å². The molecule has 0 saturated heterocycles. The van der Waals surface area contributed by atoms with Crippen molar-refractivity contribution in [3.8, 4) is 0 Å². The number of aliphatic hydroxyl groups excluding tert-OH is 1. The number of carbonyl (C=O) groups is 4. The van der Waals surface area contributed by atoms with Crippen molar-refractivity contribution in [3.63, 3.8) is 0 Å². The van der Waals surface area contributed by atoms with Crippen LogP contribution in [-0.4, -0.2) is 86.7 Å². The molecule has 0 aliphatic rings. The van der Waals surface area contributed by atoms with Gasteiger partial charge in [-0.2, -0.15) is 0 Å². The molecule has 0 saturated carbocycles. The molecule has 1 aromatic heterocycles. The van der Waals surface area contributed by atoms with E-state index in [0.29, 0.717) is 25.0 Å². The Hall–Kier alpha value is -3.81. The molecule has 1 aromatic carbocycles. The molecule has 9 N–H and O–H groups in total. The zero-order valence-electron chi connectivity index (χ0n) is 26.2. The number of amides is 3. The van der Waals surface area contributed by atoms with E-state index in [0.717, 1.165) is 5.56 Å². The molecule has 0 bridgehead atoms. The summed E-state index contributed by atoms with van der Waals surface area (Å²) in [6.07, 6.45) is 3.13. The van der Waals surface area contributed by atoms with Gasteiger partial charge in [-0.05, 0) is 36.7 Å². The Kier molecular flexibility index (Phi) is 15.0. The number of nitrogens with zero attached hydrogens (tertiary/aromatic N) is 1. The highest BCUT2D eigenvalue weighted by Gasteiger charge is 2.31. The Balaban J connectivity index is 2.08. The number of hydrogen-bond acceptors (Lipinski definition) is 8. The standard InChI is InChI=1S/C31H49N7O6/c1-6-23(26(39)16-34-24(12-18(2)3)29(41)38-27(19(4)5)31(43)44)36-30(42)25(14-21-15-33-17-35-21)37-28(40)22(32)13-20-10-8-7-9-11-20/h7-11,15,17-19,22-27,34,39H,6,12-14,16,32H2,1-5H3,(H,33,35)(H,36,42)(H,37,40)(H,38,41)(H,43,44)/t22-,23?,24-,25-,26?,27+/m0/s1. The Morgan fingerprint density at radius 1 is 0.932 bits per heavy atom. The van der Waals surface area contributed by atoms with E-state index in [1.165, 1.54) is 6.33 Å². The minimum Gasteiger partial charge on any atom is -0.480 e. The quantitative estimate of drug-likeness (QED) is 0.110. The van der Waals surface area contributed by atoms with Gasteiger partial charge in [0.1, 0.15) is 12.1 Å². The Morgan fingerprint density at radius 2 is 1.59 bits per heavy atom. The highest BCUT2D eigenvalue weighted by atomic mass is 16.4. The van der Waals surface area contributed by atoms with Crippen LogP contribution in [0.15, 0.2) is 42.9 Å². The number of carbonyl (C=O) groups excluding carboxylic acids is 3. The molecule has 2 rings (SSSR count). The fraction of sp³-hybridized carbons (Fsp3) is 0.581. The van der Waals surface area contributed by atoms with Crippen molar-refractivity contribution in [2.45, 2.75) is 96.6 Å². The van der Waals surface area contributed by atoms with E-state index in [1.807, 2.05) is 44.2 Å². The molecule has 0 aliphatic heterocycles. The SMILES string of the molecule is CCC(NC(=O)[C@H](Cc1cnc[nH]1)NC(=O)[C@@H](N)Cc1ccccc1)C(O)CN[C@@H](CC(C)C)C(=O)N[C@@H](C(=O)O)C(C)C. The first-order valence-electron chi connectivity index (χ1n) is 15.1. The van der Waals surface area contributed by atoms with Crippen LogP contribution in [-0.2, 0) is 32.0 Å². The van der Waals surface area contributed by atoms with Gasteiger partial charge in [0.05, 0.1) is 30.6 Å². The summed E-state index contributed by atoms with van der Waals surface area (Å²) in [5, 5.41) is 31.7. The predicted molar refractivity (Wildman–Crippen MR) is 166 cm³/mol. The van der Waals surface area contributed by atoms with Crippen LogP contribution in [0.3, 0.4) is 0 Å². The van der Waals surface area contributed by atoms with E-state index >= 15 is 0 Å². The van der Waals surface area contributed by atoms with Crippen molar-refractivity contribution < 1.29 is 29.4 Å². The van der Waals surface area contributed by atoms with Crippen LogP contribution in [0.1, 0.15) is 58.7 Å². The average molecular weight is 616 g/mol. The molecule has 3 amide bonds.